The number of alkyl halides is 3. The molecule has 0 aliphatic rings. The molecule has 0 radical (unpaired) electrons. The molecule has 12 heavy (non-hydrogen) atoms. The molecule has 0 aliphatic heterocycles. The number of rotatable bonds is 1. The van der Waals surface area contributed by atoms with Gasteiger partial charge in [0, 0.05) is 11.8 Å². The number of nitrogens with zero attached hydrogens (tertiary/aromatic N) is 1. The van der Waals surface area contributed by atoms with Gasteiger partial charge in [0.1, 0.15) is 12.2 Å². The van der Waals surface area contributed by atoms with Crippen molar-refractivity contribution < 1.29 is 18.9 Å². The highest BCUT2D eigenvalue weighted by molar-refractivity contribution is 5.14. The van der Waals surface area contributed by atoms with Crippen molar-refractivity contribution in [3.63, 3.8) is 0 Å². The summed E-state index contributed by atoms with van der Waals surface area (Å²) in [6.07, 6.45) is -3.16. The normalized spacial score (nSPS) is 11.7. The van der Waals surface area contributed by atoms with Crippen molar-refractivity contribution in [3.05, 3.63) is 29.6 Å². The van der Waals surface area contributed by atoms with Crippen LogP contribution in [-0.4, -0.2) is 4.98 Å². The van der Waals surface area contributed by atoms with Crippen LogP contribution in [0.1, 0.15) is 11.3 Å². The second-order valence-electron chi connectivity index (χ2n) is 2.30. The third kappa shape index (κ3) is 1.94. The Kier molecular flexibility index (Phi) is 2.32. The van der Waals surface area contributed by atoms with Crippen molar-refractivity contribution in [1.82, 2.24) is 4.98 Å². The highest BCUT2D eigenvalue weighted by Gasteiger charge is 2.31. The third-order valence-electron chi connectivity index (χ3n) is 1.40. The van der Waals surface area contributed by atoms with Gasteiger partial charge in [0.25, 0.3) is 0 Å². The summed E-state index contributed by atoms with van der Waals surface area (Å²) in [5.41, 5.74) is 3.36. The van der Waals surface area contributed by atoms with Crippen LogP contribution >= 0.6 is 0 Å². The molecule has 1 aromatic rings. The van der Waals surface area contributed by atoms with Gasteiger partial charge in [-0.05, 0) is 12.1 Å². The van der Waals surface area contributed by atoms with Crippen LogP contribution < -0.4 is 5.73 Å². The smallest absolute Gasteiger partial charge is 0.354 e. The monoisotopic (exact) mass is 177 g/mol. The molecule has 0 atom stereocenters. The van der Waals surface area contributed by atoms with Crippen LogP contribution in [0.15, 0.2) is 18.3 Å². The summed E-state index contributed by atoms with van der Waals surface area (Å²) >= 11 is 0. The standard InChI is InChI=1S/C7H7F3N2/c8-7(9,10)6-2-1-5(3-11)4-12-6/h1-2,4H,3,11H2/p+1. The summed E-state index contributed by atoms with van der Waals surface area (Å²) in [4.78, 5) is 3.26. The fourth-order valence-electron chi connectivity index (χ4n) is 0.740. The van der Waals surface area contributed by atoms with E-state index in [0.29, 0.717) is 12.1 Å². The summed E-state index contributed by atoms with van der Waals surface area (Å²) in [7, 11) is 0. The highest BCUT2D eigenvalue weighted by Crippen LogP contribution is 2.26. The highest BCUT2D eigenvalue weighted by atomic mass is 19.4. The van der Waals surface area contributed by atoms with E-state index in [1.807, 2.05) is 0 Å². The lowest BCUT2D eigenvalue weighted by atomic mass is 10.2. The SMILES string of the molecule is [NH3+]Cc1ccc(C(F)(F)F)nc1. The zero-order valence-electron chi connectivity index (χ0n) is 6.23. The average molecular weight is 177 g/mol. The quantitative estimate of drug-likeness (QED) is 0.678. The minimum absolute atomic E-state index is 0.450. The van der Waals surface area contributed by atoms with Gasteiger partial charge >= 0.3 is 6.18 Å². The Balaban J connectivity index is 2.93. The predicted octanol–water partition coefficient (Wildman–Crippen LogP) is 0.842. The first-order valence-corrected chi connectivity index (χ1v) is 3.35. The first kappa shape index (κ1) is 8.99. The predicted molar refractivity (Wildman–Crippen MR) is 35.8 cm³/mol. The fourth-order valence-corrected chi connectivity index (χ4v) is 0.740. The molecule has 1 heterocycles. The van der Waals surface area contributed by atoms with E-state index in [2.05, 4.69) is 10.7 Å². The molecule has 0 amide bonds. The Morgan fingerprint density at radius 2 is 2.00 bits per heavy atom. The number of aromatic nitrogens is 1. The molecule has 2 nitrogen and oxygen atoms in total. The zero-order chi connectivity index (χ0) is 9.19. The molecule has 0 aromatic carbocycles. The van der Waals surface area contributed by atoms with Crippen LogP contribution in [0.3, 0.4) is 0 Å². The molecule has 0 aliphatic carbocycles. The molecule has 0 fully saturated rings. The van der Waals surface area contributed by atoms with E-state index >= 15 is 0 Å². The van der Waals surface area contributed by atoms with Gasteiger partial charge in [0.05, 0.1) is 0 Å². The second kappa shape index (κ2) is 3.10. The summed E-state index contributed by atoms with van der Waals surface area (Å²) in [6, 6.07) is 2.34. The number of halogens is 3. The Hall–Kier alpha value is -1.10. The molecule has 3 N–H and O–H groups in total. The van der Waals surface area contributed by atoms with Gasteiger partial charge in [0.15, 0.2) is 0 Å². The van der Waals surface area contributed by atoms with Gasteiger partial charge in [-0.3, -0.25) is 4.98 Å². The van der Waals surface area contributed by atoms with E-state index in [-0.39, 0.29) is 0 Å². The minimum Gasteiger partial charge on any atom is -0.354 e. The van der Waals surface area contributed by atoms with E-state index in [9.17, 15) is 13.2 Å². The van der Waals surface area contributed by atoms with Crippen LogP contribution in [0.4, 0.5) is 13.2 Å². The molecule has 1 aromatic heterocycles. The molecular formula is C7H8F3N2+. The maximum atomic E-state index is 11.9. The molecule has 0 saturated heterocycles. The largest absolute Gasteiger partial charge is 0.433 e. The van der Waals surface area contributed by atoms with Crippen molar-refractivity contribution in [2.24, 2.45) is 0 Å². The fraction of sp³-hybridized carbons (Fsp3) is 0.286. The van der Waals surface area contributed by atoms with Gasteiger partial charge in [-0.2, -0.15) is 13.2 Å². The Labute approximate surface area is 67.2 Å². The van der Waals surface area contributed by atoms with E-state index in [4.69, 9.17) is 0 Å². The summed E-state index contributed by atoms with van der Waals surface area (Å²) in [5, 5.41) is 0. The molecule has 0 spiro atoms. The lowest BCUT2D eigenvalue weighted by molar-refractivity contribution is -0.386. The lowest BCUT2D eigenvalue weighted by Crippen LogP contribution is -2.47. The Morgan fingerprint density at radius 3 is 2.33 bits per heavy atom. The van der Waals surface area contributed by atoms with Crippen molar-refractivity contribution in [1.29, 1.82) is 0 Å². The molecule has 1 rings (SSSR count). The average Bonchev–Trinajstić information content (AvgIpc) is 2.03. The topological polar surface area (TPSA) is 40.5 Å². The third-order valence-corrected chi connectivity index (χ3v) is 1.40. The van der Waals surface area contributed by atoms with Gasteiger partial charge in [0.2, 0.25) is 0 Å². The van der Waals surface area contributed by atoms with Crippen molar-refractivity contribution >= 4 is 0 Å². The van der Waals surface area contributed by atoms with Crippen LogP contribution in [0.25, 0.3) is 0 Å². The van der Waals surface area contributed by atoms with Gasteiger partial charge in [-0.1, -0.05) is 0 Å². The van der Waals surface area contributed by atoms with Crippen LogP contribution in [0.5, 0.6) is 0 Å². The molecule has 0 saturated carbocycles. The van der Waals surface area contributed by atoms with Crippen LogP contribution in [-0.2, 0) is 12.7 Å². The molecule has 0 unspecified atom stereocenters. The van der Waals surface area contributed by atoms with Gasteiger partial charge < -0.3 is 5.73 Å². The Morgan fingerprint density at radius 1 is 1.33 bits per heavy atom. The van der Waals surface area contributed by atoms with E-state index in [1.165, 1.54) is 12.3 Å². The van der Waals surface area contributed by atoms with E-state index < -0.39 is 11.9 Å². The molecule has 66 valence electrons. The van der Waals surface area contributed by atoms with Crippen LogP contribution in [0.2, 0.25) is 0 Å². The number of pyridine rings is 1. The minimum atomic E-state index is -4.35. The number of hydrogen-bond acceptors (Lipinski definition) is 1. The van der Waals surface area contributed by atoms with Crippen molar-refractivity contribution in [2.45, 2.75) is 12.7 Å². The number of quaternary nitrogens is 1. The Bertz CT molecular complexity index is 252. The molecule has 5 heteroatoms. The van der Waals surface area contributed by atoms with E-state index in [0.717, 1.165) is 6.07 Å². The second-order valence-corrected chi connectivity index (χ2v) is 2.30. The van der Waals surface area contributed by atoms with Gasteiger partial charge in [-0.15, -0.1) is 0 Å². The summed E-state index contributed by atoms with van der Waals surface area (Å²) in [6.45, 7) is 0.450. The molecular weight excluding hydrogens is 169 g/mol. The summed E-state index contributed by atoms with van der Waals surface area (Å²) in [5.74, 6) is 0. The maximum Gasteiger partial charge on any atom is 0.433 e. The lowest BCUT2D eigenvalue weighted by Gasteiger charge is -2.04. The van der Waals surface area contributed by atoms with Crippen LogP contribution in [0, 0.1) is 0 Å². The number of hydrogen-bond donors (Lipinski definition) is 1. The molecule has 0 bridgehead atoms. The maximum absolute atomic E-state index is 11.9. The zero-order valence-corrected chi connectivity index (χ0v) is 6.23. The van der Waals surface area contributed by atoms with E-state index in [1.54, 1.807) is 0 Å². The van der Waals surface area contributed by atoms with Gasteiger partial charge in [-0.25, -0.2) is 0 Å². The van der Waals surface area contributed by atoms with Crippen molar-refractivity contribution in [3.8, 4) is 0 Å². The first-order chi connectivity index (χ1) is 5.54. The summed E-state index contributed by atoms with van der Waals surface area (Å²) < 4.78 is 35.8. The first-order valence-electron chi connectivity index (χ1n) is 3.35. The van der Waals surface area contributed by atoms with Crippen molar-refractivity contribution in [2.75, 3.05) is 0 Å².